The van der Waals surface area contributed by atoms with Gasteiger partial charge < -0.3 is 15.1 Å². The first-order valence-electron chi connectivity index (χ1n) is 6.24. The molecule has 5 heteroatoms. The first kappa shape index (κ1) is 15.1. The molecule has 2 heterocycles. The van der Waals surface area contributed by atoms with Crippen LogP contribution in [0.3, 0.4) is 0 Å². The van der Waals surface area contributed by atoms with E-state index in [9.17, 15) is 4.79 Å². The Morgan fingerprint density at radius 3 is 2.67 bits per heavy atom. The van der Waals surface area contributed by atoms with E-state index in [-0.39, 0.29) is 30.3 Å². The smallest absolute Gasteiger partial charge is 0.223 e. The predicted octanol–water partition coefficient (Wildman–Crippen LogP) is 2.19. The van der Waals surface area contributed by atoms with Gasteiger partial charge in [0.25, 0.3) is 0 Å². The standard InChI is InChI=1S/C13H20N2O2.ClH/c1-9-3-4-12(17-9)10(2)15-13(16)11-5-7-14-8-6-11;/h3-4,10-11,14H,5-8H2,1-2H3,(H,15,16);1H. The number of aryl methyl sites for hydroxylation is 1. The third-order valence-electron chi connectivity index (χ3n) is 3.26. The van der Waals surface area contributed by atoms with Crippen LogP contribution >= 0.6 is 12.4 Å². The van der Waals surface area contributed by atoms with Gasteiger partial charge in [0.1, 0.15) is 11.5 Å². The highest BCUT2D eigenvalue weighted by Crippen LogP contribution is 2.18. The van der Waals surface area contributed by atoms with Gasteiger partial charge in [0.15, 0.2) is 0 Å². The second kappa shape index (κ2) is 6.81. The van der Waals surface area contributed by atoms with Gasteiger partial charge in [-0.1, -0.05) is 0 Å². The van der Waals surface area contributed by atoms with Crippen molar-refractivity contribution in [1.82, 2.24) is 10.6 Å². The van der Waals surface area contributed by atoms with Crippen molar-refractivity contribution in [2.24, 2.45) is 5.92 Å². The van der Waals surface area contributed by atoms with E-state index in [0.717, 1.165) is 37.5 Å². The summed E-state index contributed by atoms with van der Waals surface area (Å²) in [6.07, 6.45) is 1.85. The van der Waals surface area contributed by atoms with Crippen molar-refractivity contribution < 1.29 is 9.21 Å². The van der Waals surface area contributed by atoms with E-state index < -0.39 is 0 Å². The van der Waals surface area contributed by atoms with Gasteiger partial charge in [0, 0.05) is 5.92 Å². The minimum Gasteiger partial charge on any atom is -0.464 e. The number of amides is 1. The molecule has 1 fully saturated rings. The Kier molecular flexibility index (Phi) is 5.69. The average molecular weight is 273 g/mol. The number of halogens is 1. The molecule has 4 nitrogen and oxygen atoms in total. The summed E-state index contributed by atoms with van der Waals surface area (Å²) in [4.78, 5) is 12.0. The minimum absolute atomic E-state index is 0. The van der Waals surface area contributed by atoms with E-state index in [1.165, 1.54) is 0 Å². The molecule has 1 saturated heterocycles. The summed E-state index contributed by atoms with van der Waals surface area (Å²) in [6, 6.07) is 3.79. The Balaban J connectivity index is 0.00000162. The molecular weight excluding hydrogens is 252 g/mol. The summed E-state index contributed by atoms with van der Waals surface area (Å²) in [6.45, 7) is 5.74. The molecule has 18 heavy (non-hydrogen) atoms. The summed E-state index contributed by atoms with van der Waals surface area (Å²) in [5.74, 6) is 2.00. The van der Waals surface area contributed by atoms with Crippen LogP contribution in [-0.2, 0) is 4.79 Å². The van der Waals surface area contributed by atoms with Gasteiger partial charge in [0.2, 0.25) is 5.91 Å². The molecule has 2 N–H and O–H groups in total. The SMILES string of the molecule is Cc1ccc(C(C)NC(=O)C2CCNCC2)o1.Cl. The van der Waals surface area contributed by atoms with Gasteiger partial charge in [-0.25, -0.2) is 0 Å². The summed E-state index contributed by atoms with van der Waals surface area (Å²) in [7, 11) is 0. The number of nitrogens with one attached hydrogen (secondary N) is 2. The maximum Gasteiger partial charge on any atom is 0.223 e. The van der Waals surface area contributed by atoms with Gasteiger partial charge in [-0.05, 0) is 51.9 Å². The van der Waals surface area contributed by atoms with Crippen LogP contribution in [0.25, 0.3) is 0 Å². The molecule has 1 aromatic rings. The molecule has 1 amide bonds. The molecule has 0 spiro atoms. The summed E-state index contributed by atoms with van der Waals surface area (Å²) in [5.41, 5.74) is 0. The van der Waals surface area contributed by atoms with Gasteiger partial charge in [-0.2, -0.15) is 0 Å². The molecule has 1 aliphatic rings. The number of piperidine rings is 1. The molecular formula is C13H21ClN2O2. The quantitative estimate of drug-likeness (QED) is 0.887. The number of carbonyl (C=O) groups excluding carboxylic acids is 1. The zero-order valence-electron chi connectivity index (χ0n) is 10.9. The maximum atomic E-state index is 12.0. The van der Waals surface area contributed by atoms with Crippen molar-refractivity contribution in [3.8, 4) is 0 Å². The number of carbonyl (C=O) groups is 1. The molecule has 0 aliphatic carbocycles. The molecule has 1 unspecified atom stereocenters. The molecule has 1 atom stereocenters. The van der Waals surface area contributed by atoms with Gasteiger partial charge in [-0.15, -0.1) is 12.4 Å². The van der Waals surface area contributed by atoms with Crippen LogP contribution in [0, 0.1) is 12.8 Å². The van der Waals surface area contributed by atoms with E-state index in [1.807, 2.05) is 26.0 Å². The van der Waals surface area contributed by atoms with Crippen LogP contribution in [0.4, 0.5) is 0 Å². The zero-order valence-corrected chi connectivity index (χ0v) is 11.7. The normalized spacial score (nSPS) is 17.9. The number of furan rings is 1. The van der Waals surface area contributed by atoms with E-state index in [4.69, 9.17) is 4.42 Å². The largest absolute Gasteiger partial charge is 0.464 e. The third kappa shape index (κ3) is 3.75. The van der Waals surface area contributed by atoms with Crippen LogP contribution in [0.5, 0.6) is 0 Å². The summed E-state index contributed by atoms with van der Waals surface area (Å²) < 4.78 is 5.51. The lowest BCUT2D eigenvalue weighted by molar-refractivity contribution is -0.126. The minimum atomic E-state index is -0.0499. The fourth-order valence-corrected chi connectivity index (χ4v) is 2.17. The lowest BCUT2D eigenvalue weighted by Gasteiger charge is -2.23. The Morgan fingerprint density at radius 2 is 2.11 bits per heavy atom. The highest BCUT2D eigenvalue weighted by Gasteiger charge is 2.23. The molecule has 0 saturated carbocycles. The second-order valence-electron chi connectivity index (χ2n) is 4.70. The lowest BCUT2D eigenvalue weighted by atomic mass is 9.97. The van der Waals surface area contributed by atoms with Crippen LogP contribution in [0.2, 0.25) is 0 Å². The van der Waals surface area contributed by atoms with Crippen molar-refractivity contribution in [2.75, 3.05) is 13.1 Å². The Morgan fingerprint density at radius 1 is 1.44 bits per heavy atom. The number of hydrogen-bond donors (Lipinski definition) is 2. The van der Waals surface area contributed by atoms with Crippen LogP contribution in [0.15, 0.2) is 16.5 Å². The van der Waals surface area contributed by atoms with Gasteiger partial charge >= 0.3 is 0 Å². The van der Waals surface area contributed by atoms with Crippen molar-refractivity contribution in [3.63, 3.8) is 0 Å². The third-order valence-corrected chi connectivity index (χ3v) is 3.26. The first-order chi connectivity index (χ1) is 8.16. The van der Waals surface area contributed by atoms with Gasteiger partial charge in [0.05, 0.1) is 6.04 Å². The van der Waals surface area contributed by atoms with Crippen LogP contribution < -0.4 is 10.6 Å². The Hall–Kier alpha value is -1.00. The predicted molar refractivity (Wildman–Crippen MR) is 72.8 cm³/mol. The van der Waals surface area contributed by atoms with Crippen molar-refractivity contribution >= 4 is 18.3 Å². The molecule has 1 aliphatic heterocycles. The van der Waals surface area contributed by atoms with Crippen LogP contribution in [0.1, 0.15) is 37.3 Å². The van der Waals surface area contributed by atoms with Crippen LogP contribution in [-0.4, -0.2) is 19.0 Å². The van der Waals surface area contributed by atoms with E-state index in [1.54, 1.807) is 0 Å². The Labute approximate surface area is 114 Å². The first-order valence-corrected chi connectivity index (χ1v) is 6.24. The fraction of sp³-hybridized carbons (Fsp3) is 0.615. The average Bonchev–Trinajstić information content (AvgIpc) is 2.77. The van der Waals surface area contributed by atoms with E-state index in [0.29, 0.717) is 0 Å². The maximum absolute atomic E-state index is 12.0. The number of rotatable bonds is 3. The van der Waals surface area contributed by atoms with Crippen molar-refractivity contribution in [2.45, 2.75) is 32.7 Å². The van der Waals surface area contributed by atoms with Gasteiger partial charge in [-0.3, -0.25) is 4.79 Å². The monoisotopic (exact) mass is 272 g/mol. The molecule has 1 aromatic heterocycles. The van der Waals surface area contributed by atoms with E-state index in [2.05, 4.69) is 10.6 Å². The molecule has 0 bridgehead atoms. The molecule has 0 radical (unpaired) electrons. The van der Waals surface area contributed by atoms with E-state index >= 15 is 0 Å². The summed E-state index contributed by atoms with van der Waals surface area (Å²) in [5, 5.41) is 6.28. The Bertz CT molecular complexity index is 386. The lowest BCUT2D eigenvalue weighted by Crippen LogP contribution is -2.39. The van der Waals surface area contributed by atoms with Crippen molar-refractivity contribution in [1.29, 1.82) is 0 Å². The highest BCUT2D eigenvalue weighted by molar-refractivity contribution is 5.85. The zero-order chi connectivity index (χ0) is 12.3. The fourth-order valence-electron chi connectivity index (χ4n) is 2.17. The number of hydrogen-bond acceptors (Lipinski definition) is 3. The molecule has 0 aromatic carbocycles. The molecule has 102 valence electrons. The highest BCUT2D eigenvalue weighted by atomic mass is 35.5. The second-order valence-corrected chi connectivity index (χ2v) is 4.70. The topological polar surface area (TPSA) is 54.3 Å². The molecule has 2 rings (SSSR count). The van der Waals surface area contributed by atoms with Crippen molar-refractivity contribution in [3.05, 3.63) is 23.7 Å². The summed E-state index contributed by atoms with van der Waals surface area (Å²) >= 11 is 0.